The number of halogens is 1. The molecule has 0 spiro atoms. The molecule has 0 radical (unpaired) electrons. The quantitative estimate of drug-likeness (QED) is 0.605. The Balaban J connectivity index is 2.88. The van der Waals surface area contributed by atoms with Crippen molar-refractivity contribution in [3.8, 4) is 0 Å². The second-order valence-corrected chi connectivity index (χ2v) is 3.65. The first-order valence-electron chi connectivity index (χ1n) is 4.80. The highest BCUT2D eigenvalue weighted by atomic mass is 19.1. The first kappa shape index (κ1) is 13.0. The second-order valence-electron chi connectivity index (χ2n) is 3.65. The van der Waals surface area contributed by atoms with Crippen LogP contribution in [0.2, 0.25) is 0 Å². The predicted molar refractivity (Wildman–Crippen MR) is 58.6 cm³/mol. The molecule has 1 aromatic carbocycles. The minimum atomic E-state index is -0.881. The van der Waals surface area contributed by atoms with Gasteiger partial charge in [0.25, 0.3) is 0 Å². The maximum atomic E-state index is 13.6. The Bertz CT molecular complexity index is 450. The summed E-state index contributed by atoms with van der Waals surface area (Å²) in [5.41, 5.74) is 4.56. The fraction of sp³-hybridized carbons (Fsp3) is 0.300. The van der Waals surface area contributed by atoms with Crippen molar-refractivity contribution in [3.05, 3.63) is 39.7 Å². The molecule has 6 nitrogen and oxygen atoms in total. The molecule has 0 aliphatic carbocycles. The van der Waals surface area contributed by atoms with Crippen LogP contribution in [-0.4, -0.2) is 29.3 Å². The molecule has 0 fully saturated rings. The lowest BCUT2D eigenvalue weighted by Crippen LogP contribution is -2.30. The molecule has 1 aromatic rings. The molecule has 0 saturated heterocycles. The molecule has 1 amide bonds. The summed E-state index contributed by atoms with van der Waals surface area (Å²) in [4.78, 5) is 21.8. The number of nitrogens with two attached hydrogens (primary N) is 1. The van der Waals surface area contributed by atoms with E-state index in [4.69, 9.17) is 5.73 Å². The first-order valence-corrected chi connectivity index (χ1v) is 4.80. The van der Waals surface area contributed by atoms with Crippen molar-refractivity contribution in [3.63, 3.8) is 0 Å². The fourth-order valence-corrected chi connectivity index (χ4v) is 1.44. The normalized spacial score (nSPS) is 10.5. The average Bonchev–Trinajstić information content (AvgIpc) is 2.19. The third-order valence-electron chi connectivity index (χ3n) is 2.12. The van der Waals surface area contributed by atoms with Gasteiger partial charge in [-0.25, -0.2) is 0 Å². The van der Waals surface area contributed by atoms with E-state index >= 15 is 0 Å². The lowest BCUT2D eigenvalue weighted by molar-refractivity contribution is -0.387. The Hall–Kier alpha value is -2.02. The molecule has 1 rings (SSSR count). The van der Waals surface area contributed by atoms with E-state index < -0.39 is 22.3 Å². The molecule has 0 aliphatic rings. The molecular formula is C10H12FN3O3. The smallest absolute Gasteiger partial charge is 0.305 e. The number of carbonyl (C=O) groups excluding carboxylic acids is 1. The molecule has 7 heteroatoms. The molecule has 2 N–H and O–H groups in total. The number of primary amides is 1. The number of hydrogen-bond acceptors (Lipinski definition) is 4. The Kier molecular flexibility index (Phi) is 4.11. The monoisotopic (exact) mass is 241 g/mol. The van der Waals surface area contributed by atoms with Crippen LogP contribution in [0.1, 0.15) is 5.56 Å². The predicted octanol–water partition coefficient (Wildman–Crippen LogP) is 0.651. The summed E-state index contributed by atoms with van der Waals surface area (Å²) in [5.74, 6) is -1.42. The van der Waals surface area contributed by atoms with Crippen LogP contribution in [0, 0.1) is 15.9 Å². The van der Waals surface area contributed by atoms with Gasteiger partial charge in [0.15, 0.2) is 0 Å². The van der Waals surface area contributed by atoms with E-state index in [1.165, 1.54) is 17.0 Å². The van der Waals surface area contributed by atoms with Gasteiger partial charge >= 0.3 is 5.69 Å². The molecule has 92 valence electrons. The minimum absolute atomic E-state index is 0.0396. The first-order chi connectivity index (χ1) is 7.91. The third-order valence-corrected chi connectivity index (χ3v) is 2.12. The van der Waals surface area contributed by atoms with Gasteiger partial charge in [-0.15, -0.1) is 0 Å². The van der Waals surface area contributed by atoms with Crippen LogP contribution < -0.4 is 5.73 Å². The van der Waals surface area contributed by atoms with Crippen molar-refractivity contribution in [1.29, 1.82) is 0 Å². The van der Waals surface area contributed by atoms with E-state index in [2.05, 4.69) is 0 Å². The van der Waals surface area contributed by atoms with Gasteiger partial charge in [-0.1, -0.05) is 12.1 Å². The van der Waals surface area contributed by atoms with Gasteiger partial charge in [0.05, 0.1) is 11.5 Å². The van der Waals surface area contributed by atoms with Gasteiger partial charge in [0.2, 0.25) is 11.7 Å². The Morgan fingerprint density at radius 2 is 2.24 bits per heavy atom. The summed E-state index contributed by atoms with van der Waals surface area (Å²) < 4.78 is 13.6. The average molecular weight is 241 g/mol. The van der Waals surface area contributed by atoms with Crippen LogP contribution in [-0.2, 0) is 11.3 Å². The number of rotatable bonds is 5. The summed E-state index contributed by atoms with van der Waals surface area (Å²) in [6.07, 6.45) is 0. The number of likely N-dealkylation sites (N-methyl/N-ethyl adjacent to an activating group) is 1. The lowest BCUT2D eigenvalue weighted by atomic mass is 10.1. The van der Waals surface area contributed by atoms with Gasteiger partial charge in [-0.05, 0) is 7.05 Å². The zero-order valence-corrected chi connectivity index (χ0v) is 9.22. The van der Waals surface area contributed by atoms with E-state index in [1.54, 1.807) is 7.05 Å². The maximum absolute atomic E-state index is 13.6. The third kappa shape index (κ3) is 3.49. The van der Waals surface area contributed by atoms with Crippen molar-refractivity contribution in [1.82, 2.24) is 4.90 Å². The highest BCUT2D eigenvalue weighted by Gasteiger charge is 2.18. The largest absolute Gasteiger partial charge is 0.369 e. The Morgan fingerprint density at radius 1 is 1.59 bits per heavy atom. The highest BCUT2D eigenvalue weighted by molar-refractivity contribution is 5.75. The Morgan fingerprint density at radius 3 is 2.76 bits per heavy atom. The number of nitro groups is 1. The number of hydrogen-bond donors (Lipinski definition) is 1. The molecule has 0 unspecified atom stereocenters. The molecule has 0 bridgehead atoms. The van der Waals surface area contributed by atoms with Crippen molar-refractivity contribution in [2.45, 2.75) is 6.54 Å². The molecule has 0 aliphatic heterocycles. The van der Waals surface area contributed by atoms with Crippen LogP contribution in [0.3, 0.4) is 0 Å². The molecule has 0 atom stereocenters. The van der Waals surface area contributed by atoms with Crippen LogP contribution in [0.15, 0.2) is 18.2 Å². The summed E-state index contributed by atoms with van der Waals surface area (Å²) >= 11 is 0. The Labute approximate surface area is 97.0 Å². The zero-order chi connectivity index (χ0) is 13.0. The number of amides is 1. The maximum Gasteiger partial charge on any atom is 0.305 e. The SMILES string of the molecule is CN(CC(N)=O)Cc1cccc([N+](=O)[O-])c1F. The lowest BCUT2D eigenvalue weighted by Gasteiger charge is -2.14. The molecule has 17 heavy (non-hydrogen) atoms. The summed E-state index contributed by atoms with van der Waals surface area (Å²) in [6.45, 7) is 0.0403. The number of nitro benzene ring substituents is 1. The highest BCUT2D eigenvalue weighted by Crippen LogP contribution is 2.20. The van der Waals surface area contributed by atoms with Crippen molar-refractivity contribution in [2.75, 3.05) is 13.6 Å². The van der Waals surface area contributed by atoms with Gasteiger partial charge in [-0.2, -0.15) is 4.39 Å². The van der Waals surface area contributed by atoms with Crippen LogP contribution in [0.5, 0.6) is 0 Å². The van der Waals surface area contributed by atoms with Gasteiger partial charge in [-0.3, -0.25) is 19.8 Å². The summed E-state index contributed by atoms with van der Waals surface area (Å²) in [5, 5.41) is 10.5. The van der Waals surface area contributed by atoms with Crippen molar-refractivity contribution >= 4 is 11.6 Å². The van der Waals surface area contributed by atoms with E-state index in [0.29, 0.717) is 0 Å². The van der Waals surface area contributed by atoms with Crippen molar-refractivity contribution in [2.24, 2.45) is 5.73 Å². The molecular weight excluding hydrogens is 229 g/mol. The topological polar surface area (TPSA) is 89.5 Å². The molecule has 0 saturated carbocycles. The minimum Gasteiger partial charge on any atom is -0.369 e. The fourth-order valence-electron chi connectivity index (χ4n) is 1.44. The van der Waals surface area contributed by atoms with Crippen LogP contribution in [0.4, 0.5) is 10.1 Å². The molecule has 0 heterocycles. The summed E-state index contributed by atoms with van der Waals surface area (Å²) in [7, 11) is 1.57. The van der Waals surface area contributed by atoms with Gasteiger partial charge < -0.3 is 5.73 Å². The van der Waals surface area contributed by atoms with E-state index in [0.717, 1.165) is 6.07 Å². The van der Waals surface area contributed by atoms with Crippen LogP contribution in [0.25, 0.3) is 0 Å². The van der Waals surface area contributed by atoms with Gasteiger partial charge in [0.1, 0.15) is 0 Å². The van der Waals surface area contributed by atoms with Crippen LogP contribution >= 0.6 is 0 Å². The molecule has 0 aromatic heterocycles. The van der Waals surface area contributed by atoms with Crippen molar-refractivity contribution < 1.29 is 14.1 Å². The van der Waals surface area contributed by atoms with Gasteiger partial charge in [0, 0.05) is 18.2 Å². The second kappa shape index (κ2) is 5.35. The van der Waals surface area contributed by atoms with E-state index in [9.17, 15) is 19.3 Å². The summed E-state index contributed by atoms with van der Waals surface area (Å²) in [6, 6.07) is 3.92. The number of carbonyl (C=O) groups is 1. The standard InChI is InChI=1S/C10H12FN3O3/c1-13(6-9(12)15)5-7-3-2-4-8(10(7)11)14(16)17/h2-4H,5-6H2,1H3,(H2,12,15). The van der Waals surface area contributed by atoms with E-state index in [-0.39, 0.29) is 18.7 Å². The number of benzene rings is 1. The van der Waals surface area contributed by atoms with E-state index in [1.807, 2.05) is 0 Å². The zero-order valence-electron chi connectivity index (χ0n) is 9.22. The number of nitrogens with zero attached hydrogens (tertiary/aromatic N) is 2.